The number of thioether (sulfide) groups is 1. The number of hydrogen-bond donors (Lipinski definition) is 1. The summed E-state index contributed by atoms with van der Waals surface area (Å²) in [6.07, 6.45) is 1.60. The second-order valence-corrected chi connectivity index (χ2v) is 13.4. The van der Waals surface area contributed by atoms with E-state index in [0.29, 0.717) is 10.8 Å². The Morgan fingerprint density at radius 3 is 2.28 bits per heavy atom. The van der Waals surface area contributed by atoms with Gasteiger partial charge in [-0.1, -0.05) is 36.0 Å². The Bertz CT molecular complexity index is 1440. The Kier molecular flexibility index (Phi) is 8.71. The number of nitrogens with one attached hydrogen (secondary N) is 1. The summed E-state index contributed by atoms with van der Waals surface area (Å²) in [5.41, 5.74) is 0.437. The number of allylic oxidation sites excluding steroid dienone is 1. The Morgan fingerprint density at radius 1 is 1.06 bits per heavy atom. The highest BCUT2D eigenvalue weighted by atomic mass is 32.2. The van der Waals surface area contributed by atoms with Crippen LogP contribution in [0.1, 0.15) is 12.7 Å². The Balaban J connectivity index is 1.73. The van der Waals surface area contributed by atoms with Crippen molar-refractivity contribution >= 4 is 43.2 Å². The summed E-state index contributed by atoms with van der Waals surface area (Å²) in [5, 5.41) is 10.7. The van der Waals surface area contributed by atoms with E-state index < -0.39 is 25.1 Å². The normalized spacial score (nSPS) is 12.9. The minimum atomic E-state index is -3.64. The molecule has 1 heterocycles. The van der Waals surface area contributed by atoms with Crippen LogP contribution >= 0.6 is 11.8 Å². The molecule has 0 radical (unpaired) electrons. The van der Waals surface area contributed by atoms with Gasteiger partial charge in [-0.3, -0.25) is 4.79 Å². The minimum absolute atomic E-state index is 0.114. The van der Waals surface area contributed by atoms with Gasteiger partial charge in [0.15, 0.2) is 15.0 Å². The van der Waals surface area contributed by atoms with Crippen molar-refractivity contribution in [2.24, 2.45) is 0 Å². The van der Waals surface area contributed by atoms with E-state index in [1.54, 1.807) is 35.8 Å². The maximum atomic E-state index is 12.8. The van der Waals surface area contributed by atoms with E-state index in [4.69, 9.17) is 0 Å². The van der Waals surface area contributed by atoms with Crippen LogP contribution in [0, 0.1) is 0 Å². The smallest absolute Gasteiger partial charge is 0.242 e. The number of benzene rings is 2. The molecule has 0 fully saturated rings. The molecule has 1 unspecified atom stereocenters. The van der Waals surface area contributed by atoms with Crippen LogP contribution < -0.4 is 5.32 Å². The fourth-order valence-corrected chi connectivity index (χ4v) is 6.15. The van der Waals surface area contributed by atoms with Crippen LogP contribution in [0.5, 0.6) is 0 Å². The second-order valence-electron chi connectivity index (χ2n) is 7.93. The van der Waals surface area contributed by atoms with Crippen LogP contribution in [0.4, 0.5) is 5.69 Å². The van der Waals surface area contributed by atoms with Crippen molar-refractivity contribution < 1.29 is 21.6 Å². The maximum absolute atomic E-state index is 12.8. The van der Waals surface area contributed by atoms with Gasteiger partial charge in [0.05, 0.1) is 15.0 Å². The Morgan fingerprint density at radius 2 is 1.69 bits per heavy atom. The molecule has 36 heavy (non-hydrogen) atoms. The summed E-state index contributed by atoms with van der Waals surface area (Å²) in [4.78, 5) is 13.1. The fraction of sp³-hybridized carbons (Fsp3) is 0.261. The largest absolute Gasteiger partial charge is 0.325 e. The van der Waals surface area contributed by atoms with Gasteiger partial charge >= 0.3 is 0 Å². The molecular weight excluding hydrogens is 522 g/mol. The van der Waals surface area contributed by atoms with Gasteiger partial charge in [-0.05, 0) is 43.3 Å². The van der Waals surface area contributed by atoms with Gasteiger partial charge in [0.1, 0.15) is 11.6 Å². The summed E-state index contributed by atoms with van der Waals surface area (Å²) in [5.74, 6) is -0.442. The molecule has 192 valence electrons. The third-order valence-corrected chi connectivity index (χ3v) is 9.62. The molecule has 1 atom stereocenters. The lowest BCUT2D eigenvalue weighted by Gasteiger charge is -2.14. The van der Waals surface area contributed by atoms with Crippen LogP contribution in [0.25, 0.3) is 0 Å². The lowest BCUT2D eigenvalue weighted by atomic mass is 10.3. The van der Waals surface area contributed by atoms with E-state index >= 15 is 0 Å². The van der Waals surface area contributed by atoms with Gasteiger partial charge in [-0.15, -0.1) is 16.8 Å². The predicted molar refractivity (Wildman–Crippen MR) is 139 cm³/mol. The van der Waals surface area contributed by atoms with E-state index in [1.807, 2.05) is 0 Å². The molecule has 0 saturated heterocycles. The zero-order valence-corrected chi connectivity index (χ0v) is 22.5. The first kappa shape index (κ1) is 27.6. The molecule has 3 rings (SSSR count). The Hall–Kier alpha value is -3.00. The standard InChI is InChI=1S/C23H27N5O5S3/c1-5-15-28-21(16-35(30,31)19-9-7-6-8-10-19)25-26-23(28)34-17(2)22(29)24-18-11-13-20(14-12-18)36(32,33)27(3)4/h5-14,17H,1,15-16H2,2-4H3,(H,24,29). The van der Waals surface area contributed by atoms with Crippen molar-refractivity contribution in [1.82, 2.24) is 19.1 Å². The number of carbonyl (C=O) groups is 1. The molecule has 0 aliphatic rings. The zero-order chi connectivity index (χ0) is 26.5. The molecule has 0 aliphatic heterocycles. The SMILES string of the molecule is C=CCn1c(CS(=O)(=O)c2ccccc2)nnc1SC(C)C(=O)Nc1ccc(S(=O)(=O)N(C)C)cc1. The van der Waals surface area contributed by atoms with Crippen molar-refractivity contribution in [2.45, 2.75) is 39.4 Å². The van der Waals surface area contributed by atoms with Gasteiger partial charge in [-0.25, -0.2) is 21.1 Å². The summed E-state index contributed by atoms with van der Waals surface area (Å²) in [6.45, 7) is 5.67. The summed E-state index contributed by atoms with van der Waals surface area (Å²) >= 11 is 1.12. The van der Waals surface area contributed by atoms with Gasteiger partial charge in [0.2, 0.25) is 15.9 Å². The molecule has 13 heteroatoms. The highest BCUT2D eigenvalue weighted by molar-refractivity contribution is 8.00. The number of hydrogen-bond acceptors (Lipinski definition) is 8. The van der Waals surface area contributed by atoms with Crippen LogP contribution in [0.3, 0.4) is 0 Å². The van der Waals surface area contributed by atoms with Crippen molar-refractivity contribution in [1.29, 1.82) is 0 Å². The Labute approximate surface area is 215 Å². The molecule has 0 aliphatic carbocycles. The molecular formula is C23H27N5O5S3. The number of nitrogens with zero attached hydrogens (tertiary/aromatic N) is 4. The number of carbonyl (C=O) groups excluding carboxylic acids is 1. The quantitative estimate of drug-likeness (QED) is 0.285. The first-order valence-corrected chi connectivity index (χ1v) is 14.7. The van der Waals surface area contributed by atoms with Crippen molar-refractivity contribution in [3.63, 3.8) is 0 Å². The first-order chi connectivity index (χ1) is 17.0. The summed E-state index contributed by atoms with van der Waals surface area (Å²) in [6, 6.07) is 13.9. The van der Waals surface area contributed by atoms with Crippen molar-refractivity contribution in [3.05, 3.63) is 73.1 Å². The maximum Gasteiger partial charge on any atom is 0.242 e. The molecule has 2 aromatic carbocycles. The zero-order valence-electron chi connectivity index (χ0n) is 20.0. The van der Waals surface area contributed by atoms with E-state index in [0.717, 1.165) is 16.1 Å². The number of amides is 1. The monoisotopic (exact) mass is 549 g/mol. The van der Waals surface area contributed by atoms with Crippen LogP contribution in [-0.2, 0) is 37.0 Å². The van der Waals surface area contributed by atoms with Gasteiger partial charge in [-0.2, -0.15) is 0 Å². The molecule has 0 bridgehead atoms. The molecule has 3 aromatic rings. The molecule has 0 spiro atoms. The fourth-order valence-electron chi connectivity index (χ4n) is 3.08. The molecule has 10 nitrogen and oxygen atoms in total. The molecule has 0 saturated carbocycles. The number of rotatable bonds is 11. The second kappa shape index (κ2) is 11.4. The minimum Gasteiger partial charge on any atom is -0.325 e. The number of sulfone groups is 1. The average Bonchev–Trinajstić information content (AvgIpc) is 3.20. The number of anilines is 1. The van der Waals surface area contributed by atoms with Crippen LogP contribution in [-0.4, -0.2) is 61.2 Å². The topological polar surface area (TPSA) is 131 Å². The molecule has 1 amide bonds. The predicted octanol–water partition coefficient (Wildman–Crippen LogP) is 2.81. The number of sulfonamides is 1. The molecule has 1 N–H and O–H groups in total. The third kappa shape index (κ3) is 6.40. The van der Waals surface area contributed by atoms with Crippen molar-refractivity contribution in [3.8, 4) is 0 Å². The van der Waals surface area contributed by atoms with Gasteiger partial charge in [0.25, 0.3) is 0 Å². The summed E-state index contributed by atoms with van der Waals surface area (Å²) < 4.78 is 52.7. The highest BCUT2D eigenvalue weighted by Gasteiger charge is 2.24. The highest BCUT2D eigenvalue weighted by Crippen LogP contribution is 2.26. The van der Waals surface area contributed by atoms with Crippen LogP contribution in [0.15, 0.2) is 82.2 Å². The third-order valence-electron chi connectivity index (χ3n) is 5.08. The van der Waals surface area contributed by atoms with E-state index in [2.05, 4.69) is 22.1 Å². The lowest BCUT2D eigenvalue weighted by molar-refractivity contribution is -0.115. The van der Waals surface area contributed by atoms with E-state index in [1.165, 1.54) is 50.5 Å². The van der Waals surface area contributed by atoms with Crippen LogP contribution in [0.2, 0.25) is 0 Å². The molecule has 1 aromatic heterocycles. The number of aromatic nitrogens is 3. The van der Waals surface area contributed by atoms with Gasteiger partial charge in [0, 0.05) is 26.3 Å². The average molecular weight is 550 g/mol. The van der Waals surface area contributed by atoms with E-state index in [-0.39, 0.29) is 33.8 Å². The first-order valence-electron chi connectivity index (χ1n) is 10.8. The summed E-state index contributed by atoms with van der Waals surface area (Å²) in [7, 11) is -4.32. The van der Waals surface area contributed by atoms with E-state index in [9.17, 15) is 21.6 Å². The van der Waals surface area contributed by atoms with Gasteiger partial charge < -0.3 is 9.88 Å². The van der Waals surface area contributed by atoms with Crippen molar-refractivity contribution in [2.75, 3.05) is 19.4 Å². The lowest BCUT2D eigenvalue weighted by Crippen LogP contribution is -2.24.